The van der Waals surface area contributed by atoms with Crippen molar-refractivity contribution in [1.82, 2.24) is 14.8 Å². The van der Waals surface area contributed by atoms with Crippen molar-refractivity contribution in [2.45, 2.75) is 64.2 Å². The molecule has 1 aromatic carbocycles. The first-order valence-corrected chi connectivity index (χ1v) is 13.5. The topological polar surface area (TPSA) is 105 Å². The van der Waals surface area contributed by atoms with E-state index in [1.807, 2.05) is 49.1 Å². The normalized spacial score (nSPS) is 27.0. The molecule has 200 valence electrons. The van der Waals surface area contributed by atoms with Gasteiger partial charge < -0.3 is 19.6 Å². The molecule has 0 aromatic heterocycles. The van der Waals surface area contributed by atoms with Gasteiger partial charge in [0.05, 0.1) is 41.5 Å². The Hall–Kier alpha value is -3.35. The minimum absolute atomic E-state index is 0.0830. The molecule has 2 saturated heterocycles. The van der Waals surface area contributed by atoms with Gasteiger partial charge in [-0.3, -0.25) is 4.79 Å². The number of ether oxygens (including phenoxy) is 1. The highest BCUT2D eigenvalue weighted by Gasteiger charge is 2.43. The largest absolute Gasteiger partial charge is 0.490 e. The van der Waals surface area contributed by atoms with Gasteiger partial charge in [-0.25, -0.2) is 10.0 Å². The van der Waals surface area contributed by atoms with Crippen LogP contribution in [-0.2, 0) is 0 Å². The number of benzene rings is 1. The first-order chi connectivity index (χ1) is 18.2. The second-order valence-corrected chi connectivity index (χ2v) is 11.1. The molecule has 0 aliphatic carbocycles. The Balaban J connectivity index is 1.46. The van der Waals surface area contributed by atoms with Crippen LogP contribution in [0.25, 0.3) is 0 Å². The van der Waals surface area contributed by atoms with Crippen LogP contribution in [0, 0.1) is 17.2 Å². The molecule has 0 radical (unpaired) electrons. The summed E-state index contributed by atoms with van der Waals surface area (Å²) in [6, 6.07) is 7.35. The number of piperidine rings is 1. The summed E-state index contributed by atoms with van der Waals surface area (Å²) in [5.74, 6) is 1.36. The number of β-amino-alcohol motifs (C(OH)–C–C–N with tert-alkyl or cyclic N) is 1. The molecule has 1 aromatic rings. The Labute approximate surface area is 228 Å². The summed E-state index contributed by atoms with van der Waals surface area (Å²) in [5, 5.41) is 26.6. The molecule has 1 spiro atoms. The number of likely N-dealkylation sites (tertiary alicyclic amines) is 2. The van der Waals surface area contributed by atoms with E-state index in [4.69, 9.17) is 26.4 Å². The standard InChI is InChI=1S/C28H33ClN6O3/c1-18(2)38-24-7-6-21(29)12-22(24)27(37)34-11-5-4-9-28(34)10-8-25-32-26(19(3)14-35(25)31-17-28)33-15-20(13-30)23(36)16-33/h6-8,12,14,17-18,20,23,36H,4-5,9-11,15-16H2,1-3H3/t20-,23+,28?/m1/s1. The molecular weight excluding hydrogens is 504 g/mol. The Morgan fingerprint density at radius 2 is 2.13 bits per heavy atom. The highest BCUT2D eigenvalue weighted by Crippen LogP contribution is 2.37. The third-order valence-corrected chi connectivity index (χ3v) is 7.73. The van der Waals surface area contributed by atoms with Gasteiger partial charge in [0.1, 0.15) is 11.6 Å². The predicted octanol–water partition coefficient (Wildman–Crippen LogP) is 4.16. The predicted molar refractivity (Wildman–Crippen MR) is 146 cm³/mol. The van der Waals surface area contributed by atoms with Crippen molar-refractivity contribution in [1.29, 1.82) is 5.26 Å². The third-order valence-electron chi connectivity index (χ3n) is 7.50. The van der Waals surface area contributed by atoms with Gasteiger partial charge in [0, 0.05) is 36.4 Å². The summed E-state index contributed by atoms with van der Waals surface area (Å²) in [6.45, 7) is 7.21. The van der Waals surface area contributed by atoms with E-state index in [-0.39, 0.29) is 12.0 Å². The van der Waals surface area contributed by atoms with Crippen LogP contribution < -0.4 is 4.74 Å². The van der Waals surface area contributed by atoms with Crippen molar-refractivity contribution < 1.29 is 14.6 Å². The molecule has 1 N–H and O–H groups in total. The van der Waals surface area contributed by atoms with Gasteiger partial charge in [0.2, 0.25) is 0 Å². The number of rotatable bonds is 3. The van der Waals surface area contributed by atoms with Crippen molar-refractivity contribution >= 4 is 29.6 Å². The molecule has 38 heavy (non-hydrogen) atoms. The summed E-state index contributed by atoms with van der Waals surface area (Å²) in [7, 11) is 0. The quantitative estimate of drug-likeness (QED) is 0.622. The van der Waals surface area contributed by atoms with Crippen LogP contribution in [0.1, 0.15) is 56.8 Å². The van der Waals surface area contributed by atoms with Gasteiger partial charge in [-0.05, 0) is 70.7 Å². The molecule has 0 saturated carbocycles. The molecule has 4 aliphatic rings. The molecule has 10 heteroatoms. The van der Waals surface area contributed by atoms with Crippen LogP contribution >= 0.6 is 11.6 Å². The summed E-state index contributed by atoms with van der Waals surface area (Å²) < 4.78 is 5.96. The Morgan fingerprint density at radius 1 is 1.32 bits per heavy atom. The van der Waals surface area contributed by atoms with Crippen LogP contribution in [-0.4, -0.2) is 75.3 Å². The molecule has 1 amide bonds. The molecule has 0 bridgehead atoms. The number of nitriles is 1. The Bertz CT molecular complexity index is 1280. The number of carbonyl (C=O) groups excluding carboxylic acids is 1. The number of hydrogen-bond donors (Lipinski definition) is 1. The van der Waals surface area contributed by atoms with Crippen LogP contribution in [0.5, 0.6) is 5.75 Å². The van der Waals surface area contributed by atoms with Gasteiger partial charge in [0.15, 0.2) is 5.82 Å². The molecule has 4 heterocycles. The molecule has 1 unspecified atom stereocenters. The number of halogens is 1. The first kappa shape index (κ1) is 26.3. The molecule has 9 nitrogen and oxygen atoms in total. The molecular formula is C28H33ClN6O3. The van der Waals surface area contributed by atoms with Crippen LogP contribution in [0.3, 0.4) is 0 Å². The van der Waals surface area contributed by atoms with Crippen LogP contribution in [0.2, 0.25) is 5.02 Å². The smallest absolute Gasteiger partial charge is 0.258 e. The van der Waals surface area contributed by atoms with Crippen molar-refractivity contribution in [3.63, 3.8) is 0 Å². The summed E-state index contributed by atoms with van der Waals surface area (Å²) in [5.41, 5.74) is 0.739. The lowest BCUT2D eigenvalue weighted by molar-refractivity contribution is 0.0518. The number of aliphatic hydroxyl groups is 1. The number of fused-ring (bicyclic) bond motifs is 1. The number of amidine groups is 1. The lowest BCUT2D eigenvalue weighted by atomic mass is 9.84. The van der Waals surface area contributed by atoms with Crippen molar-refractivity contribution in [2.75, 3.05) is 19.6 Å². The van der Waals surface area contributed by atoms with Gasteiger partial charge in [-0.1, -0.05) is 11.6 Å². The van der Waals surface area contributed by atoms with Crippen molar-refractivity contribution in [3.05, 3.63) is 52.5 Å². The molecule has 3 atom stereocenters. The second-order valence-electron chi connectivity index (χ2n) is 10.6. The maximum absolute atomic E-state index is 14.0. The zero-order valence-corrected chi connectivity index (χ0v) is 22.7. The zero-order valence-electron chi connectivity index (χ0n) is 22.0. The van der Waals surface area contributed by atoms with E-state index in [1.54, 1.807) is 23.2 Å². The molecule has 5 rings (SSSR count). The minimum atomic E-state index is -0.698. The average molecular weight is 537 g/mol. The summed E-state index contributed by atoms with van der Waals surface area (Å²) >= 11 is 6.30. The maximum atomic E-state index is 14.0. The van der Waals surface area contributed by atoms with E-state index in [2.05, 4.69) is 6.07 Å². The van der Waals surface area contributed by atoms with Gasteiger partial charge in [-0.2, -0.15) is 10.4 Å². The van der Waals surface area contributed by atoms with E-state index in [1.165, 1.54) is 0 Å². The van der Waals surface area contributed by atoms with Gasteiger partial charge in [-0.15, -0.1) is 0 Å². The van der Waals surface area contributed by atoms with Crippen LogP contribution in [0.15, 0.2) is 52.0 Å². The number of aliphatic imine (C=N–C) groups is 1. The lowest BCUT2D eigenvalue weighted by Gasteiger charge is -2.44. The molecule has 2 fully saturated rings. The number of hydrogen-bond acceptors (Lipinski definition) is 8. The van der Waals surface area contributed by atoms with E-state index in [9.17, 15) is 15.2 Å². The zero-order chi connectivity index (χ0) is 27.0. The first-order valence-electron chi connectivity index (χ1n) is 13.1. The third kappa shape index (κ3) is 4.91. The Morgan fingerprint density at radius 3 is 2.87 bits per heavy atom. The average Bonchev–Trinajstić information content (AvgIpc) is 3.18. The maximum Gasteiger partial charge on any atom is 0.258 e. The van der Waals surface area contributed by atoms with Crippen molar-refractivity contribution in [2.24, 2.45) is 16.0 Å². The second kappa shape index (κ2) is 10.4. The van der Waals surface area contributed by atoms with Gasteiger partial charge in [0.25, 0.3) is 5.91 Å². The highest BCUT2D eigenvalue weighted by molar-refractivity contribution is 6.31. The molecule has 4 aliphatic heterocycles. The number of carbonyl (C=O) groups is 1. The van der Waals surface area contributed by atoms with E-state index >= 15 is 0 Å². The number of nitrogens with zero attached hydrogens (tertiary/aromatic N) is 6. The van der Waals surface area contributed by atoms with Crippen molar-refractivity contribution in [3.8, 4) is 11.8 Å². The number of aliphatic hydroxyl groups excluding tert-OH is 1. The fraction of sp³-hybridized carbons (Fsp3) is 0.500. The monoisotopic (exact) mass is 536 g/mol. The SMILES string of the molecule is CC1=CN2N=CC3(CC=C2N=C1N1C[C@@H](C#N)[C@@H](O)C1)CCCCN3C(=O)c1cc(Cl)ccc1OC(C)C. The minimum Gasteiger partial charge on any atom is -0.490 e. The summed E-state index contributed by atoms with van der Waals surface area (Å²) in [6.07, 6.45) is 8.27. The Kier molecular flexibility index (Phi) is 7.21. The van der Waals surface area contributed by atoms with Gasteiger partial charge >= 0.3 is 0 Å². The highest BCUT2D eigenvalue weighted by atomic mass is 35.5. The van der Waals surface area contributed by atoms with E-state index < -0.39 is 17.6 Å². The number of amides is 1. The van der Waals surface area contributed by atoms with Crippen LogP contribution in [0.4, 0.5) is 0 Å². The lowest BCUT2D eigenvalue weighted by Crippen LogP contribution is -2.55. The number of hydrazone groups is 1. The fourth-order valence-electron chi connectivity index (χ4n) is 5.56. The van der Waals surface area contributed by atoms with E-state index in [0.29, 0.717) is 48.2 Å². The van der Waals surface area contributed by atoms with E-state index in [0.717, 1.165) is 30.7 Å². The summed E-state index contributed by atoms with van der Waals surface area (Å²) in [4.78, 5) is 22.8. The fourth-order valence-corrected chi connectivity index (χ4v) is 5.74.